The first-order valence-electron chi connectivity index (χ1n) is 9.54. The van der Waals surface area contributed by atoms with Gasteiger partial charge in [0, 0.05) is 5.56 Å². The third-order valence-corrected chi connectivity index (χ3v) is 4.24. The number of ether oxygens (including phenoxy) is 2. The lowest BCUT2D eigenvalue weighted by atomic mass is 10.1. The van der Waals surface area contributed by atoms with Crippen LogP contribution in [0.3, 0.4) is 0 Å². The van der Waals surface area contributed by atoms with Gasteiger partial charge in [0.2, 0.25) is 0 Å². The fourth-order valence-electron chi connectivity index (χ4n) is 2.74. The summed E-state index contributed by atoms with van der Waals surface area (Å²) in [5.41, 5.74) is 5.52. The lowest BCUT2D eigenvalue weighted by Gasteiger charge is -2.13. The van der Waals surface area contributed by atoms with Crippen molar-refractivity contribution in [2.75, 3.05) is 6.61 Å². The van der Waals surface area contributed by atoms with E-state index in [1.807, 2.05) is 85.8 Å². The number of carbonyl (C=O) groups is 1. The molecule has 1 amide bonds. The molecule has 3 aromatic carbocycles. The summed E-state index contributed by atoms with van der Waals surface area (Å²) in [6.45, 7) is 4.16. The zero-order valence-corrected chi connectivity index (χ0v) is 16.5. The topological polar surface area (TPSA) is 59.9 Å². The fraction of sp³-hybridized carbons (Fsp3) is 0.167. The summed E-state index contributed by atoms with van der Waals surface area (Å²) in [6.07, 6.45) is 0.876. The van der Waals surface area contributed by atoms with E-state index in [1.165, 1.54) is 0 Å². The highest BCUT2D eigenvalue weighted by atomic mass is 16.5. The van der Waals surface area contributed by atoms with Crippen LogP contribution in [0.25, 0.3) is 11.1 Å². The fourth-order valence-corrected chi connectivity index (χ4v) is 2.74. The van der Waals surface area contributed by atoms with Crippen molar-refractivity contribution in [2.24, 2.45) is 5.10 Å². The smallest absolute Gasteiger partial charge is 0.280 e. The SMILES string of the molecule is CCOc1ccccc1/C=N\NC(=O)[C@@H](C)Oc1ccc(-c2ccccc2)cc1. The standard InChI is InChI=1S/C24H24N2O3/c1-3-28-23-12-8-7-11-21(23)17-25-26-24(27)18(2)29-22-15-13-20(14-16-22)19-9-5-4-6-10-19/h4-18H,3H2,1-2H3,(H,26,27)/b25-17-/t18-/m1/s1. The monoisotopic (exact) mass is 388 g/mol. The van der Waals surface area contributed by atoms with E-state index in [0.717, 1.165) is 22.4 Å². The highest BCUT2D eigenvalue weighted by Crippen LogP contribution is 2.22. The number of nitrogens with one attached hydrogen (secondary N) is 1. The zero-order valence-electron chi connectivity index (χ0n) is 16.5. The molecule has 3 aromatic rings. The molecule has 0 aromatic heterocycles. The van der Waals surface area contributed by atoms with E-state index in [1.54, 1.807) is 13.1 Å². The predicted octanol–water partition coefficient (Wildman–Crippen LogP) is 4.67. The molecule has 0 fully saturated rings. The molecule has 0 aliphatic rings. The maximum Gasteiger partial charge on any atom is 0.280 e. The van der Waals surface area contributed by atoms with Crippen molar-refractivity contribution in [1.82, 2.24) is 5.43 Å². The molecule has 3 rings (SSSR count). The van der Waals surface area contributed by atoms with Gasteiger partial charge in [0.1, 0.15) is 11.5 Å². The van der Waals surface area contributed by atoms with E-state index in [2.05, 4.69) is 10.5 Å². The van der Waals surface area contributed by atoms with Crippen molar-refractivity contribution in [3.05, 3.63) is 84.4 Å². The molecule has 0 bridgehead atoms. The number of hydrogen-bond acceptors (Lipinski definition) is 4. The van der Waals surface area contributed by atoms with Gasteiger partial charge in [-0.25, -0.2) is 5.43 Å². The highest BCUT2D eigenvalue weighted by molar-refractivity contribution is 5.86. The quantitative estimate of drug-likeness (QED) is 0.451. The van der Waals surface area contributed by atoms with E-state index in [9.17, 15) is 4.79 Å². The van der Waals surface area contributed by atoms with Crippen LogP contribution in [-0.2, 0) is 4.79 Å². The number of amides is 1. The Labute approximate surface area is 171 Å². The van der Waals surface area contributed by atoms with Gasteiger partial charge in [-0.2, -0.15) is 5.10 Å². The number of carbonyl (C=O) groups excluding carboxylic acids is 1. The molecule has 1 N–H and O–H groups in total. The predicted molar refractivity (Wildman–Crippen MR) is 115 cm³/mol. The summed E-state index contributed by atoms with van der Waals surface area (Å²) in [5.74, 6) is 1.01. The normalized spacial score (nSPS) is 11.8. The number of rotatable bonds is 8. The molecule has 5 nitrogen and oxygen atoms in total. The van der Waals surface area contributed by atoms with Gasteiger partial charge in [-0.15, -0.1) is 0 Å². The van der Waals surface area contributed by atoms with Gasteiger partial charge in [-0.3, -0.25) is 4.79 Å². The Hall–Kier alpha value is -3.60. The Kier molecular flexibility index (Phi) is 7.00. The van der Waals surface area contributed by atoms with Crippen molar-refractivity contribution in [3.63, 3.8) is 0 Å². The summed E-state index contributed by atoms with van der Waals surface area (Å²) < 4.78 is 11.3. The summed E-state index contributed by atoms with van der Waals surface area (Å²) in [7, 11) is 0. The summed E-state index contributed by atoms with van der Waals surface area (Å²) in [6, 6.07) is 25.2. The number of para-hydroxylation sites is 1. The molecule has 29 heavy (non-hydrogen) atoms. The Morgan fingerprint density at radius 3 is 2.34 bits per heavy atom. The van der Waals surface area contributed by atoms with Crippen molar-refractivity contribution in [2.45, 2.75) is 20.0 Å². The van der Waals surface area contributed by atoms with Crippen LogP contribution in [0.5, 0.6) is 11.5 Å². The van der Waals surface area contributed by atoms with Crippen LogP contribution < -0.4 is 14.9 Å². The van der Waals surface area contributed by atoms with Gasteiger partial charge in [-0.05, 0) is 49.2 Å². The molecule has 0 spiro atoms. The molecule has 0 aliphatic heterocycles. The molecule has 1 atom stereocenters. The van der Waals surface area contributed by atoms with Gasteiger partial charge in [0.15, 0.2) is 6.10 Å². The maximum absolute atomic E-state index is 12.3. The second kappa shape index (κ2) is 10.1. The molecule has 0 saturated heterocycles. The summed E-state index contributed by atoms with van der Waals surface area (Å²) in [5, 5.41) is 4.02. The van der Waals surface area contributed by atoms with Gasteiger partial charge in [0.05, 0.1) is 12.8 Å². The van der Waals surface area contributed by atoms with Crippen LogP contribution in [0.15, 0.2) is 84.0 Å². The molecule has 0 saturated carbocycles. The minimum Gasteiger partial charge on any atom is -0.493 e. The molecule has 0 aliphatic carbocycles. The van der Waals surface area contributed by atoms with E-state index in [4.69, 9.17) is 9.47 Å². The van der Waals surface area contributed by atoms with Crippen molar-refractivity contribution in [1.29, 1.82) is 0 Å². The lowest BCUT2D eigenvalue weighted by molar-refractivity contribution is -0.127. The number of benzene rings is 3. The number of hydrogen-bond donors (Lipinski definition) is 1. The minimum atomic E-state index is -0.683. The maximum atomic E-state index is 12.3. The third kappa shape index (κ3) is 5.69. The van der Waals surface area contributed by atoms with Crippen LogP contribution in [0.2, 0.25) is 0 Å². The third-order valence-electron chi connectivity index (χ3n) is 4.24. The van der Waals surface area contributed by atoms with Crippen LogP contribution in [0.4, 0.5) is 0 Å². The Balaban J connectivity index is 1.55. The van der Waals surface area contributed by atoms with Crippen molar-refractivity contribution < 1.29 is 14.3 Å². The van der Waals surface area contributed by atoms with Gasteiger partial charge >= 0.3 is 0 Å². The van der Waals surface area contributed by atoms with E-state index in [-0.39, 0.29) is 5.91 Å². The molecular weight excluding hydrogens is 364 g/mol. The van der Waals surface area contributed by atoms with E-state index < -0.39 is 6.10 Å². The average molecular weight is 388 g/mol. The van der Waals surface area contributed by atoms with Gasteiger partial charge in [0.25, 0.3) is 5.91 Å². The minimum absolute atomic E-state index is 0.331. The molecule has 0 unspecified atom stereocenters. The van der Waals surface area contributed by atoms with Gasteiger partial charge < -0.3 is 9.47 Å². The largest absolute Gasteiger partial charge is 0.493 e. The molecule has 0 heterocycles. The number of hydrazone groups is 1. The lowest BCUT2D eigenvalue weighted by Crippen LogP contribution is -2.33. The summed E-state index contributed by atoms with van der Waals surface area (Å²) in [4.78, 5) is 12.3. The average Bonchev–Trinajstić information content (AvgIpc) is 2.76. The van der Waals surface area contributed by atoms with Crippen molar-refractivity contribution in [3.8, 4) is 22.6 Å². The van der Waals surface area contributed by atoms with Crippen LogP contribution >= 0.6 is 0 Å². The highest BCUT2D eigenvalue weighted by Gasteiger charge is 2.14. The molecule has 148 valence electrons. The first-order chi connectivity index (χ1) is 14.2. The van der Waals surface area contributed by atoms with E-state index in [0.29, 0.717) is 12.4 Å². The molecule has 5 heteroatoms. The first kappa shape index (κ1) is 20.1. The summed E-state index contributed by atoms with van der Waals surface area (Å²) >= 11 is 0. The van der Waals surface area contributed by atoms with Crippen LogP contribution in [0, 0.1) is 0 Å². The Morgan fingerprint density at radius 1 is 0.966 bits per heavy atom. The zero-order chi connectivity index (χ0) is 20.5. The molecular formula is C24H24N2O3. The number of nitrogens with zero attached hydrogens (tertiary/aromatic N) is 1. The second-order valence-corrected chi connectivity index (χ2v) is 6.36. The second-order valence-electron chi connectivity index (χ2n) is 6.36. The van der Waals surface area contributed by atoms with Gasteiger partial charge in [-0.1, -0.05) is 54.6 Å². The van der Waals surface area contributed by atoms with E-state index >= 15 is 0 Å². The Morgan fingerprint density at radius 2 is 1.62 bits per heavy atom. The Bertz CT molecular complexity index is 953. The van der Waals surface area contributed by atoms with Crippen molar-refractivity contribution >= 4 is 12.1 Å². The van der Waals surface area contributed by atoms with Crippen LogP contribution in [-0.4, -0.2) is 24.8 Å². The molecule has 0 radical (unpaired) electrons. The first-order valence-corrected chi connectivity index (χ1v) is 9.54. The van der Waals surface area contributed by atoms with Crippen LogP contribution in [0.1, 0.15) is 19.4 Å².